The van der Waals surface area contributed by atoms with Gasteiger partial charge >= 0.3 is 5.97 Å². The monoisotopic (exact) mass is 512 g/mol. The highest BCUT2D eigenvalue weighted by atomic mass is 16.5. The fourth-order valence-electron chi connectivity index (χ4n) is 5.18. The Morgan fingerprint density at radius 2 is 1.44 bits per heavy atom. The molecule has 0 unspecified atom stereocenters. The van der Waals surface area contributed by atoms with Gasteiger partial charge in [-0.05, 0) is 47.6 Å². The average molecular weight is 513 g/mol. The highest BCUT2D eigenvalue weighted by Gasteiger charge is 2.19. The quantitative estimate of drug-likeness (QED) is 0.170. The number of nitrogens with one attached hydrogen (secondary N) is 2. The second-order valence-electron chi connectivity index (χ2n) is 9.48. The van der Waals surface area contributed by atoms with Gasteiger partial charge in [0.2, 0.25) is 0 Å². The SMILES string of the molecule is O=C(O)c1[nH]c2c(Nc3ccccc3-c3ccccc3)cccc2c1CCCOc1cccc2ccccc12. The number of para-hydroxylation sites is 2. The predicted octanol–water partition coefficient (Wildman–Crippen LogP) is 8.44. The van der Waals surface area contributed by atoms with Crippen molar-refractivity contribution in [2.75, 3.05) is 11.9 Å². The number of H-pyrrole nitrogens is 1. The predicted molar refractivity (Wildman–Crippen MR) is 158 cm³/mol. The van der Waals surface area contributed by atoms with E-state index in [1.165, 1.54) is 0 Å². The lowest BCUT2D eigenvalue weighted by Crippen LogP contribution is -2.04. The van der Waals surface area contributed by atoms with Crippen LogP contribution in [0.15, 0.2) is 115 Å². The van der Waals surface area contributed by atoms with E-state index < -0.39 is 5.97 Å². The van der Waals surface area contributed by atoms with E-state index in [0.717, 1.165) is 55.5 Å². The molecule has 0 spiro atoms. The number of aromatic amines is 1. The van der Waals surface area contributed by atoms with Gasteiger partial charge in [0, 0.05) is 22.0 Å². The van der Waals surface area contributed by atoms with Crippen molar-refractivity contribution < 1.29 is 14.6 Å². The third-order valence-corrected chi connectivity index (χ3v) is 7.01. The van der Waals surface area contributed by atoms with Crippen LogP contribution in [0, 0.1) is 0 Å². The minimum Gasteiger partial charge on any atom is -0.493 e. The summed E-state index contributed by atoms with van der Waals surface area (Å²) >= 11 is 0. The number of fused-ring (bicyclic) bond motifs is 2. The summed E-state index contributed by atoms with van der Waals surface area (Å²) < 4.78 is 6.12. The van der Waals surface area contributed by atoms with Crippen molar-refractivity contribution in [3.8, 4) is 16.9 Å². The van der Waals surface area contributed by atoms with Crippen molar-refractivity contribution in [3.05, 3.63) is 127 Å². The topological polar surface area (TPSA) is 74.3 Å². The van der Waals surface area contributed by atoms with Gasteiger partial charge in [-0.3, -0.25) is 0 Å². The third-order valence-electron chi connectivity index (χ3n) is 7.01. The van der Waals surface area contributed by atoms with Gasteiger partial charge in [0.15, 0.2) is 0 Å². The first-order valence-corrected chi connectivity index (χ1v) is 13.1. The van der Waals surface area contributed by atoms with Crippen LogP contribution in [0.4, 0.5) is 11.4 Å². The van der Waals surface area contributed by atoms with Crippen molar-refractivity contribution in [1.29, 1.82) is 0 Å². The van der Waals surface area contributed by atoms with Crippen molar-refractivity contribution in [1.82, 2.24) is 4.98 Å². The normalized spacial score (nSPS) is 11.1. The van der Waals surface area contributed by atoms with Crippen molar-refractivity contribution in [2.45, 2.75) is 12.8 Å². The summed E-state index contributed by atoms with van der Waals surface area (Å²) in [6.45, 7) is 0.488. The molecule has 0 radical (unpaired) electrons. The van der Waals surface area contributed by atoms with E-state index in [4.69, 9.17) is 4.74 Å². The van der Waals surface area contributed by atoms with Crippen molar-refractivity contribution >= 4 is 39.0 Å². The van der Waals surface area contributed by atoms with Gasteiger partial charge in [0.25, 0.3) is 0 Å². The van der Waals surface area contributed by atoms with Crippen LogP contribution in [0.25, 0.3) is 32.8 Å². The number of aromatic nitrogens is 1. The number of hydrogen-bond donors (Lipinski definition) is 3. The number of benzene rings is 5. The summed E-state index contributed by atoms with van der Waals surface area (Å²) in [7, 11) is 0. The third kappa shape index (κ3) is 4.94. The summed E-state index contributed by atoms with van der Waals surface area (Å²) in [6.07, 6.45) is 1.27. The Hall–Kier alpha value is -5.03. The van der Waals surface area contributed by atoms with Gasteiger partial charge in [-0.15, -0.1) is 0 Å². The first-order valence-electron chi connectivity index (χ1n) is 13.1. The van der Waals surface area contributed by atoms with Crippen LogP contribution in [0.3, 0.4) is 0 Å². The fraction of sp³-hybridized carbons (Fsp3) is 0.0882. The Morgan fingerprint density at radius 1 is 0.744 bits per heavy atom. The second-order valence-corrected chi connectivity index (χ2v) is 9.48. The highest BCUT2D eigenvalue weighted by molar-refractivity contribution is 6.03. The molecule has 0 aliphatic carbocycles. The van der Waals surface area contributed by atoms with Gasteiger partial charge in [0.1, 0.15) is 11.4 Å². The molecule has 0 amide bonds. The Kier molecular flexibility index (Phi) is 6.71. The molecule has 1 heterocycles. The Labute approximate surface area is 226 Å². The molecule has 3 N–H and O–H groups in total. The number of hydrogen-bond acceptors (Lipinski definition) is 3. The molecular formula is C34H28N2O3. The van der Waals surface area contributed by atoms with E-state index in [-0.39, 0.29) is 5.69 Å². The summed E-state index contributed by atoms with van der Waals surface area (Å²) in [5, 5.41) is 16.7. The molecule has 5 aromatic carbocycles. The van der Waals surface area contributed by atoms with Gasteiger partial charge in [0.05, 0.1) is 17.8 Å². The average Bonchev–Trinajstić information content (AvgIpc) is 3.36. The molecule has 5 nitrogen and oxygen atoms in total. The zero-order valence-electron chi connectivity index (χ0n) is 21.4. The van der Waals surface area contributed by atoms with Crippen LogP contribution in [0.1, 0.15) is 22.5 Å². The Morgan fingerprint density at radius 3 is 2.31 bits per heavy atom. The molecule has 0 bridgehead atoms. The van der Waals surface area contributed by atoms with Crippen molar-refractivity contribution in [3.63, 3.8) is 0 Å². The summed E-state index contributed by atoms with van der Waals surface area (Å²) in [5.74, 6) is -0.124. The molecule has 6 rings (SSSR count). The van der Waals surface area contributed by atoms with Crippen LogP contribution in [-0.4, -0.2) is 22.7 Å². The van der Waals surface area contributed by atoms with E-state index in [9.17, 15) is 9.90 Å². The summed E-state index contributed by atoms with van der Waals surface area (Å²) in [4.78, 5) is 15.4. The lowest BCUT2D eigenvalue weighted by Gasteiger charge is -2.13. The van der Waals surface area contributed by atoms with Crippen LogP contribution >= 0.6 is 0 Å². The molecule has 0 atom stereocenters. The van der Waals surface area contributed by atoms with Crippen LogP contribution in [-0.2, 0) is 6.42 Å². The number of ether oxygens (including phenoxy) is 1. The number of rotatable bonds is 9. The molecular weight excluding hydrogens is 484 g/mol. The van der Waals surface area contributed by atoms with Gasteiger partial charge < -0.3 is 20.1 Å². The number of carbonyl (C=O) groups is 1. The molecule has 192 valence electrons. The number of aromatic carboxylic acids is 1. The fourth-order valence-corrected chi connectivity index (χ4v) is 5.18. The molecule has 0 saturated carbocycles. The molecule has 39 heavy (non-hydrogen) atoms. The first-order chi connectivity index (χ1) is 19.2. The standard InChI is InChI=1S/C34H28N2O3/c37-34(38)33-28(18-10-22-39-31-21-8-14-24-13-4-5-16-26(24)31)27-17-9-20-30(32(27)36-33)35-29-19-7-6-15-25(29)23-11-2-1-3-12-23/h1-9,11-17,19-21,35-36H,10,18,22H2,(H,37,38). The maximum Gasteiger partial charge on any atom is 0.352 e. The molecule has 0 aliphatic rings. The van der Waals surface area contributed by atoms with Crippen LogP contribution < -0.4 is 10.1 Å². The van der Waals surface area contributed by atoms with Crippen LogP contribution in [0.2, 0.25) is 0 Å². The zero-order chi connectivity index (χ0) is 26.6. The van der Waals surface area contributed by atoms with E-state index in [2.05, 4.69) is 46.7 Å². The van der Waals surface area contributed by atoms with E-state index >= 15 is 0 Å². The number of aryl methyl sites for hydroxylation is 1. The lowest BCUT2D eigenvalue weighted by atomic mass is 10.0. The highest BCUT2D eigenvalue weighted by Crippen LogP contribution is 2.35. The maximum atomic E-state index is 12.2. The van der Waals surface area contributed by atoms with Crippen LogP contribution in [0.5, 0.6) is 5.75 Å². The van der Waals surface area contributed by atoms with E-state index in [1.807, 2.05) is 78.9 Å². The van der Waals surface area contributed by atoms with E-state index in [1.54, 1.807) is 0 Å². The number of carboxylic acid groups (broad SMARTS) is 1. The van der Waals surface area contributed by atoms with Gasteiger partial charge in [-0.2, -0.15) is 0 Å². The molecule has 1 aromatic heterocycles. The minimum atomic E-state index is -0.966. The number of anilines is 2. The molecule has 0 aliphatic heterocycles. The smallest absolute Gasteiger partial charge is 0.352 e. The van der Waals surface area contributed by atoms with Gasteiger partial charge in [-0.25, -0.2) is 4.79 Å². The second kappa shape index (κ2) is 10.8. The molecule has 6 aromatic rings. The molecule has 5 heteroatoms. The molecule has 0 saturated heterocycles. The van der Waals surface area contributed by atoms with Gasteiger partial charge in [-0.1, -0.05) is 97.1 Å². The Balaban J connectivity index is 1.26. The maximum absolute atomic E-state index is 12.2. The molecule has 0 fully saturated rings. The minimum absolute atomic E-state index is 0.223. The largest absolute Gasteiger partial charge is 0.493 e. The summed E-state index contributed by atoms with van der Waals surface area (Å²) in [5.41, 5.74) is 5.76. The summed E-state index contributed by atoms with van der Waals surface area (Å²) in [6, 6.07) is 38.4. The zero-order valence-corrected chi connectivity index (χ0v) is 21.4. The lowest BCUT2D eigenvalue weighted by molar-refractivity contribution is 0.0690. The Bertz CT molecular complexity index is 1770. The van der Waals surface area contributed by atoms with Crippen molar-refractivity contribution in [2.24, 2.45) is 0 Å². The first kappa shape index (κ1) is 24.3. The van der Waals surface area contributed by atoms with E-state index in [0.29, 0.717) is 19.4 Å². The number of carboxylic acids is 1.